The predicted octanol–water partition coefficient (Wildman–Crippen LogP) is 3.29. The van der Waals surface area contributed by atoms with Crippen molar-refractivity contribution in [3.05, 3.63) is 54.2 Å². The van der Waals surface area contributed by atoms with Crippen LogP contribution in [0.15, 0.2) is 48.5 Å². The van der Waals surface area contributed by atoms with Gasteiger partial charge < -0.3 is 10.1 Å². The summed E-state index contributed by atoms with van der Waals surface area (Å²) in [6, 6.07) is 15.9. The number of carbonyl (C=O) groups is 1. The third-order valence-corrected chi connectivity index (χ3v) is 3.59. The van der Waals surface area contributed by atoms with E-state index in [0.29, 0.717) is 12.4 Å². The molecule has 0 unspecified atom stereocenters. The van der Waals surface area contributed by atoms with Gasteiger partial charge in [0.2, 0.25) is 5.91 Å². The second-order valence-electron chi connectivity index (χ2n) is 5.45. The van der Waals surface area contributed by atoms with E-state index in [2.05, 4.69) is 16.5 Å². The van der Waals surface area contributed by atoms with E-state index in [-0.39, 0.29) is 12.3 Å². The molecule has 1 heterocycles. The zero-order valence-corrected chi connectivity index (χ0v) is 13.2. The highest BCUT2D eigenvalue weighted by atomic mass is 16.5. The topological polar surface area (TPSA) is 56.1 Å². The van der Waals surface area contributed by atoms with Gasteiger partial charge in [0, 0.05) is 13.1 Å². The molecule has 5 nitrogen and oxygen atoms in total. The van der Waals surface area contributed by atoms with E-state index in [1.54, 1.807) is 11.7 Å². The highest BCUT2D eigenvalue weighted by Gasteiger charge is 2.07. The monoisotopic (exact) mass is 309 g/mol. The molecule has 0 atom stereocenters. The average Bonchev–Trinajstić information content (AvgIpc) is 2.84. The molecule has 0 aliphatic carbocycles. The Morgan fingerprint density at radius 2 is 1.96 bits per heavy atom. The number of nitrogens with zero attached hydrogens (tertiary/aromatic N) is 2. The van der Waals surface area contributed by atoms with Crippen LogP contribution in [-0.2, 0) is 11.8 Å². The molecule has 23 heavy (non-hydrogen) atoms. The molecule has 0 spiro atoms. The number of hydrogen-bond donors (Lipinski definition) is 1. The van der Waals surface area contributed by atoms with Gasteiger partial charge in [-0.3, -0.25) is 9.48 Å². The number of amides is 1. The maximum absolute atomic E-state index is 11.9. The summed E-state index contributed by atoms with van der Waals surface area (Å²) in [4.78, 5) is 11.9. The Kier molecular flexibility index (Phi) is 4.28. The molecule has 0 radical (unpaired) electrons. The Labute approximate surface area is 134 Å². The average molecular weight is 309 g/mol. The Morgan fingerprint density at radius 1 is 1.17 bits per heavy atom. The van der Waals surface area contributed by atoms with Crippen molar-refractivity contribution in [1.82, 2.24) is 9.78 Å². The standard InChI is InChI=1S/C18H19N3O2/c1-13-11-17(21(2)20-13)19-18(22)9-10-23-16-8-7-14-5-3-4-6-15(14)12-16/h3-8,11-12H,9-10H2,1-2H3,(H,19,22). The number of nitrogens with one attached hydrogen (secondary N) is 1. The summed E-state index contributed by atoms with van der Waals surface area (Å²) in [5, 5.41) is 9.32. The summed E-state index contributed by atoms with van der Waals surface area (Å²) < 4.78 is 7.32. The van der Waals surface area contributed by atoms with Crippen LogP contribution in [0.3, 0.4) is 0 Å². The van der Waals surface area contributed by atoms with Crippen LogP contribution in [0.2, 0.25) is 0 Å². The van der Waals surface area contributed by atoms with Crippen molar-refractivity contribution in [2.45, 2.75) is 13.3 Å². The van der Waals surface area contributed by atoms with Gasteiger partial charge in [-0.25, -0.2) is 0 Å². The molecular formula is C18H19N3O2. The van der Waals surface area contributed by atoms with Crippen LogP contribution in [0.25, 0.3) is 10.8 Å². The summed E-state index contributed by atoms with van der Waals surface area (Å²) in [5.41, 5.74) is 0.871. The van der Waals surface area contributed by atoms with Crippen molar-refractivity contribution in [2.75, 3.05) is 11.9 Å². The van der Waals surface area contributed by atoms with Crippen molar-refractivity contribution >= 4 is 22.5 Å². The second kappa shape index (κ2) is 6.52. The van der Waals surface area contributed by atoms with Gasteiger partial charge in [-0.05, 0) is 29.8 Å². The lowest BCUT2D eigenvalue weighted by Crippen LogP contribution is -2.17. The minimum Gasteiger partial charge on any atom is -0.493 e. The lowest BCUT2D eigenvalue weighted by Gasteiger charge is -2.08. The molecule has 5 heteroatoms. The van der Waals surface area contributed by atoms with Gasteiger partial charge in [0.15, 0.2) is 0 Å². The second-order valence-corrected chi connectivity index (χ2v) is 5.45. The van der Waals surface area contributed by atoms with Crippen molar-refractivity contribution in [2.24, 2.45) is 7.05 Å². The van der Waals surface area contributed by atoms with E-state index in [9.17, 15) is 4.79 Å². The molecular weight excluding hydrogens is 290 g/mol. The van der Waals surface area contributed by atoms with Crippen molar-refractivity contribution < 1.29 is 9.53 Å². The van der Waals surface area contributed by atoms with Crippen LogP contribution < -0.4 is 10.1 Å². The van der Waals surface area contributed by atoms with E-state index in [1.165, 1.54) is 5.39 Å². The first-order valence-corrected chi connectivity index (χ1v) is 7.54. The molecule has 0 aliphatic rings. The summed E-state index contributed by atoms with van der Waals surface area (Å²) in [6.45, 7) is 2.22. The van der Waals surface area contributed by atoms with Crippen molar-refractivity contribution in [1.29, 1.82) is 0 Å². The molecule has 0 aliphatic heterocycles. The van der Waals surface area contributed by atoms with Gasteiger partial charge >= 0.3 is 0 Å². The molecule has 0 fully saturated rings. The minimum atomic E-state index is -0.0891. The third-order valence-electron chi connectivity index (χ3n) is 3.59. The van der Waals surface area contributed by atoms with E-state index in [0.717, 1.165) is 16.8 Å². The number of carbonyl (C=O) groups excluding carboxylic acids is 1. The number of ether oxygens (including phenoxy) is 1. The van der Waals surface area contributed by atoms with Crippen molar-refractivity contribution in [3.8, 4) is 5.75 Å². The number of hydrogen-bond acceptors (Lipinski definition) is 3. The van der Waals surface area contributed by atoms with Crippen LogP contribution in [0.4, 0.5) is 5.82 Å². The summed E-state index contributed by atoms with van der Waals surface area (Å²) in [6.07, 6.45) is 0.289. The maximum Gasteiger partial charge on any atom is 0.228 e. The van der Waals surface area contributed by atoms with Gasteiger partial charge in [-0.15, -0.1) is 0 Å². The fourth-order valence-corrected chi connectivity index (χ4v) is 2.45. The first kappa shape index (κ1) is 15.1. The first-order valence-electron chi connectivity index (χ1n) is 7.54. The lowest BCUT2D eigenvalue weighted by atomic mass is 10.1. The highest BCUT2D eigenvalue weighted by Crippen LogP contribution is 2.20. The minimum absolute atomic E-state index is 0.0891. The lowest BCUT2D eigenvalue weighted by molar-refractivity contribution is -0.116. The smallest absolute Gasteiger partial charge is 0.228 e. The Hall–Kier alpha value is -2.82. The largest absolute Gasteiger partial charge is 0.493 e. The summed E-state index contributed by atoms with van der Waals surface area (Å²) in [5.74, 6) is 1.37. The molecule has 0 saturated heterocycles. The number of fused-ring (bicyclic) bond motifs is 1. The molecule has 2 aromatic carbocycles. The summed E-state index contributed by atoms with van der Waals surface area (Å²) >= 11 is 0. The van der Waals surface area contributed by atoms with Gasteiger partial charge in [-0.2, -0.15) is 5.10 Å². The van der Waals surface area contributed by atoms with E-state index in [1.807, 2.05) is 49.4 Å². The van der Waals surface area contributed by atoms with Crippen LogP contribution >= 0.6 is 0 Å². The molecule has 1 amide bonds. The van der Waals surface area contributed by atoms with Crippen LogP contribution in [0.1, 0.15) is 12.1 Å². The molecule has 3 aromatic rings. The predicted molar refractivity (Wildman–Crippen MR) is 90.6 cm³/mol. The molecule has 0 bridgehead atoms. The fraction of sp³-hybridized carbons (Fsp3) is 0.222. The Morgan fingerprint density at radius 3 is 2.70 bits per heavy atom. The first-order chi connectivity index (χ1) is 11.1. The fourth-order valence-electron chi connectivity index (χ4n) is 2.45. The Bertz CT molecular complexity index is 839. The van der Waals surface area contributed by atoms with E-state index < -0.39 is 0 Å². The third kappa shape index (κ3) is 3.69. The quantitative estimate of drug-likeness (QED) is 0.787. The molecule has 0 saturated carbocycles. The zero-order chi connectivity index (χ0) is 16.2. The molecule has 1 N–H and O–H groups in total. The van der Waals surface area contributed by atoms with Crippen LogP contribution in [0, 0.1) is 6.92 Å². The van der Waals surface area contributed by atoms with Crippen LogP contribution in [-0.4, -0.2) is 22.3 Å². The van der Waals surface area contributed by atoms with Gasteiger partial charge in [0.05, 0.1) is 18.7 Å². The normalized spacial score (nSPS) is 10.7. The Balaban J connectivity index is 1.53. The number of rotatable bonds is 5. The SMILES string of the molecule is Cc1cc(NC(=O)CCOc2ccc3ccccc3c2)n(C)n1. The van der Waals surface area contributed by atoms with Gasteiger partial charge in [0.25, 0.3) is 0 Å². The number of aryl methyl sites for hydroxylation is 2. The van der Waals surface area contributed by atoms with Gasteiger partial charge in [-0.1, -0.05) is 30.3 Å². The highest BCUT2D eigenvalue weighted by molar-refractivity contribution is 5.90. The van der Waals surface area contributed by atoms with E-state index >= 15 is 0 Å². The number of benzene rings is 2. The molecule has 1 aromatic heterocycles. The zero-order valence-electron chi connectivity index (χ0n) is 13.2. The van der Waals surface area contributed by atoms with Crippen molar-refractivity contribution in [3.63, 3.8) is 0 Å². The number of aromatic nitrogens is 2. The molecule has 3 rings (SSSR count). The van der Waals surface area contributed by atoms with Gasteiger partial charge in [0.1, 0.15) is 11.6 Å². The van der Waals surface area contributed by atoms with Crippen LogP contribution in [0.5, 0.6) is 5.75 Å². The molecule has 118 valence electrons. The van der Waals surface area contributed by atoms with E-state index in [4.69, 9.17) is 4.74 Å². The number of anilines is 1. The maximum atomic E-state index is 11.9. The summed E-state index contributed by atoms with van der Waals surface area (Å²) in [7, 11) is 1.80.